The van der Waals surface area contributed by atoms with E-state index in [0.29, 0.717) is 60.5 Å². The summed E-state index contributed by atoms with van der Waals surface area (Å²) >= 11 is 6.31. The van der Waals surface area contributed by atoms with E-state index in [2.05, 4.69) is 25.2 Å². The van der Waals surface area contributed by atoms with Gasteiger partial charge in [-0.2, -0.15) is 0 Å². The Labute approximate surface area is 183 Å². The first-order chi connectivity index (χ1) is 15.1. The van der Waals surface area contributed by atoms with E-state index < -0.39 is 0 Å². The second kappa shape index (κ2) is 7.99. The molecule has 4 aromatic rings. The number of hydrogen-bond donors (Lipinski definition) is 0. The molecule has 0 spiro atoms. The first-order valence-corrected chi connectivity index (χ1v) is 10.4. The molecule has 5 rings (SSSR count). The van der Waals surface area contributed by atoms with E-state index in [1.807, 2.05) is 31.2 Å². The molecule has 158 valence electrons. The fourth-order valence-electron chi connectivity index (χ4n) is 3.74. The molecule has 0 unspecified atom stereocenters. The molecule has 0 aliphatic carbocycles. The van der Waals surface area contributed by atoms with Crippen LogP contribution in [-0.4, -0.2) is 61.9 Å². The van der Waals surface area contributed by atoms with Crippen LogP contribution in [-0.2, 0) is 6.54 Å². The second-order valence-electron chi connectivity index (χ2n) is 7.36. The lowest BCUT2D eigenvalue weighted by molar-refractivity contribution is 0.0714. The zero-order chi connectivity index (χ0) is 21.4. The summed E-state index contributed by atoms with van der Waals surface area (Å²) in [6.45, 7) is 4.73. The van der Waals surface area contributed by atoms with Gasteiger partial charge in [0.25, 0.3) is 5.91 Å². The van der Waals surface area contributed by atoms with E-state index in [4.69, 9.17) is 16.0 Å². The quantitative estimate of drug-likeness (QED) is 0.484. The van der Waals surface area contributed by atoms with Crippen LogP contribution < -0.4 is 4.90 Å². The van der Waals surface area contributed by atoms with Crippen LogP contribution in [0.3, 0.4) is 0 Å². The Bertz CT molecular complexity index is 1230. The first-order valence-electron chi connectivity index (χ1n) is 9.99. The number of hydrogen-bond acceptors (Lipinski definition) is 7. The number of carbonyl (C=O) groups excluding carboxylic acids is 1. The third kappa shape index (κ3) is 3.72. The molecule has 0 radical (unpaired) electrons. The molecular weight excluding hydrogens is 418 g/mol. The molecule has 0 saturated carbocycles. The number of anilines is 1. The molecule has 4 heterocycles. The lowest BCUT2D eigenvalue weighted by Crippen LogP contribution is -2.49. The monoisotopic (exact) mass is 437 g/mol. The Hall–Kier alpha value is -3.46. The van der Waals surface area contributed by atoms with Gasteiger partial charge in [-0.05, 0) is 30.7 Å². The summed E-state index contributed by atoms with van der Waals surface area (Å²) in [5.74, 6) is 1.63. The van der Waals surface area contributed by atoms with Gasteiger partial charge in [-0.1, -0.05) is 35.0 Å². The Morgan fingerprint density at radius 1 is 1.10 bits per heavy atom. The maximum absolute atomic E-state index is 12.5. The SMILES string of the molecule is Cc1nc(N2CCN(C(=O)c3ccco3)CC2)c2nnn(Cc3ccccc3Cl)c2n1. The molecule has 9 nitrogen and oxygen atoms in total. The van der Waals surface area contributed by atoms with Crippen LogP contribution >= 0.6 is 11.6 Å². The van der Waals surface area contributed by atoms with Gasteiger partial charge in [0.05, 0.1) is 12.8 Å². The van der Waals surface area contributed by atoms with Crippen LogP contribution in [0, 0.1) is 6.92 Å². The fourth-order valence-corrected chi connectivity index (χ4v) is 3.94. The number of halogens is 1. The van der Waals surface area contributed by atoms with Gasteiger partial charge >= 0.3 is 0 Å². The van der Waals surface area contributed by atoms with Gasteiger partial charge in [0.1, 0.15) is 5.82 Å². The summed E-state index contributed by atoms with van der Waals surface area (Å²) in [4.78, 5) is 25.6. The van der Waals surface area contributed by atoms with Crippen LogP contribution in [0.15, 0.2) is 47.1 Å². The predicted molar refractivity (Wildman–Crippen MR) is 115 cm³/mol. The minimum atomic E-state index is -0.0978. The van der Waals surface area contributed by atoms with Gasteiger partial charge in [-0.15, -0.1) is 5.10 Å². The number of benzene rings is 1. The average molecular weight is 438 g/mol. The highest BCUT2D eigenvalue weighted by molar-refractivity contribution is 6.31. The topological polar surface area (TPSA) is 93.2 Å². The Morgan fingerprint density at radius 3 is 2.65 bits per heavy atom. The van der Waals surface area contributed by atoms with E-state index >= 15 is 0 Å². The average Bonchev–Trinajstić information content (AvgIpc) is 3.45. The molecule has 1 aliphatic heterocycles. The van der Waals surface area contributed by atoms with Gasteiger partial charge < -0.3 is 14.2 Å². The number of carbonyl (C=O) groups is 1. The minimum Gasteiger partial charge on any atom is -0.459 e. The van der Waals surface area contributed by atoms with Gasteiger partial charge in [0.2, 0.25) is 0 Å². The van der Waals surface area contributed by atoms with Crippen LogP contribution in [0.25, 0.3) is 11.2 Å². The van der Waals surface area contributed by atoms with Crippen molar-refractivity contribution in [3.05, 3.63) is 64.8 Å². The van der Waals surface area contributed by atoms with Crippen LogP contribution in [0.4, 0.5) is 5.82 Å². The molecule has 31 heavy (non-hydrogen) atoms. The van der Waals surface area contributed by atoms with Crippen molar-refractivity contribution < 1.29 is 9.21 Å². The number of aromatic nitrogens is 5. The maximum Gasteiger partial charge on any atom is 0.289 e. The minimum absolute atomic E-state index is 0.0978. The zero-order valence-electron chi connectivity index (χ0n) is 16.9. The number of amides is 1. The second-order valence-corrected chi connectivity index (χ2v) is 7.77. The Kier molecular flexibility index (Phi) is 5.03. The Balaban J connectivity index is 1.39. The largest absolute Gasteiger partial charge is 0.459 e. The first kappa shape index (κ1) is 19.5. The van der Waals surface area contributed by atoms with Crippen LogP contribution in [0.5, 0.6) is 0 Å². The molecule has 0 N–H and O–H groups in total. The summed E-state index contributed by atoms with van der Waals surface area (Å²) in [6.07, 6.45) is 1.51. The highest BCUT2D eigenvalue weighted by atomic mass is 35.5. The lowest BCUT2D eigenvalue weighted by atomic mass is 10.2. The highest BCUT2D eigenvalue weighted by Gasteiger charge is 2.27. The van der Waals surface area contributed by atoms with E-state index in [0.717, 1.165) is 11.4 Å². The van der Waals surface area contributed by atoms with Gasteiger partial charge in [0.15, 0.2) is 22.7 Å². The van der Waals surface area contributed by atoms with E-state index in [9.17, 15) is 4.79 Å². The van der Waals surface area contributed by atoms with Gasteiger partial charge in [0, 0.05) is 31.2 Å². The molecule has 1 fully saturated rings. The van der Waals surface area contributed by atoms with Crippen molar-refractivity contribution in [2.45, 2.75) is 13.5 Å². The van der Waals surface area contributed by atoms with Crippen LogP contribution in [0.1, 0.15) is 21.9 Å². The van der Waals surface area contributed by atoms with E-state index in [1.165, 1.54) is 6.26 Å². The molecule has 1 aliphatic rings. The van der Waals surface area contributed by atoms with Crippen molar-refractivity contribution >= 4 is 34.5 Å². The molecule has 3 aromatic heterocycles. The number of nitrogens with zero attached hydrogens (tertiary/aromatic N) is 7. The summed E-state index contributed by atoms with van der Waals surface area (Å²) in [5.41, 5.74) is 2.25. The smallest absolute Gasteiger partial charge is 0.289 e. The van der Waals surface area contributed by atoms with E-state index in [-0.39, 0.29) is 5.91 Å². The highest BCUT2D eigenvalue weighted by Crippen LogP contribution is 2.25. The molecular formula is C21H20ClN7O2. The molecule has 1 amide bonds. The molecule has 1 aromatic carbocycles. The van der Waals surface area contributed by atoms with E-state index in [1.54, 1.807) is 21.7 Å². The number of furan rings is 1. The molecule has 10 heteroatoms. The summed E-state index contributed by atoms with van der Waals surface area (Å²) in [7, 11) is 0. The third-order valence-corrected chi connectivity index (χ3v) is 5.70. The summed E-state index contributed by atoms with van der Waals surface area (Å²) in [6, 6.07) is 11.0. The van der Waals surface area contributed by atoms with Gasteiger partial charge in [-0.25, -0.2) is 14.6 Å². The normalized spacial score (nSPS) is 14.4. The number of rotatable bonds is 4. The summed E-state index contributed by atoms with van der Waals surface area (Å²) < 4.78 is 6.98. The van der Waals surface area contributed by atoms with Crippen LogP contribution in [0.2, 0.25) is 5.02 Å². The molecule has 1 saturated heterocycles. The van der Waals surface area contributed by atoms with Crippen molar-refractivity contribution in [2.24, 2.45) is 0 Å². The third-order valence-electron chi connectivity index (χ3n) is 5.33. The Morgan fingerprint density at radius 2 is 1.90 bits per heavy atom. The summed E-state index contributed by atoms with van der Waals surface area (Å²) in [5, 5.41) is 9.35. The maximum atomic E-state index is 12.5. The predicted octanol–water partition coefficient (Wildman–Crippen LogP) is 2.79. The molecule has 0 atom stereocenters. The number of piperazine rings is 1. The van der Waals surface area contributed by atoms with Gasteiger partial charge in [-0.3, -0.25) is 4.79 Å². The van der Waals surface area contributed by atoms with Crippen molar-refractivity contribution in [3.8, 4) is 0 Å². The van der Waals surface area contributed by atoms with Crippen molar-refractivity contribution in [1.82, 2.24) is 29.9 Å². The van der Waals surface area contributed by atoms with Crippen molar-refractivity contribution in [3.63, 3.8) is 0 Å². The standard InChI is InChI=1S/C21H20ClN7O2/c1-14-23-19(27-8-10-28(11-9-27)21(30)17-7-4-12-31-17)18-20(24-14)29(26-25-18)13-15-5-2-3-6-16(15)22/h2-7,12H,8-11,13H2,1H3. The lowest BCUT2D eigenvalue weighted by Gasteiger charge is -2.35. The van der Waals surface area contributed by atoms with Crippen molar-refractivity contribution in [1.29, 1.82) is 0 Å². The zero-order valence-corrected chi connectivity index (χ0v) is 17.7. The fraction of sp³-hybridized carbons (Fsp3) is 0.286. The molecule has 0 bridgehead atoms. The number of aryl methyl sites for hydroxylation is 1. The van der Waals surface area contributed by atoms with Crippen molar-refractivity contribution in [2.75, 3.05) is 31.1 Å². The number of fused-ring (bicyclic) bond motifs is 1.